The van der Waals surface area contributed by atoms with E-state index >= 15 is 0 Å². The fourth-order valence-electron chi connectivity index (χ4n) is 2.87. The number of nitrogens with one attached hydrogen (secondary N) is 2. The summed E-state index contributed by atoms with van der Waals surface area (Å²) in [5.41, 5.74) is 1.78. The van der Waals surface area contributed by atoms with Gasteiger partial charge in [-0.1, -0.05) is 23.7 Å². The SMILES string of the molecule is O=C(CCCc1cn[nH]c1)NC1CC(=O)N(c2ccccc2Cl)C1. The van der Waals surface area contributed by atoms with Crippen molar-refractivity contribution in [2.24, 2.45) is 0 Å². The normalized spacial score (nSPS) is 17.3. The van der Waals surface area contributed by atoms with Crippen LogP contribution in [0.5, 0.6) is 0 Å². The Morgan fingerprint density at radius 3 is 3.00 bits per heavy atom. The molecular weight excluding hydrogens is 328 g/mol. The van der Waals surface area contributed by atoms with Gasteiger partial charge in [-0.3, -0.25) is 14.7 Å². The van der Waals surface area contributed by atoms with Gasteiger partial charge in [-0.2, -0.15) is 5.10 Å². The lowest BCUT2D eigenvalue weighted by Gasteiger charge is -2.18. The Morgan fingerprint density at radius 2 is 2.25 bits per heavy atom. The number of amides is 2. The number of rotatable bonds is 6. The molecule has 2 N–H and O–H groups in total. The zero-order chi connectivity index (χ0) is 16.9. The first-order valence-electron chi connectivity index (χ1n) is 7.95. The van der Waals surface area contributed by atoms with Crippen LogP contribution in [0.1, 0.15) is 24.8 Å². The van der Waals surface area contributed by atoms with Gasteiger partial charge in [-0.25, -0.2) is 0 Å². The highest BCUT2D eigenvalue weighted by Gasteiger charge is 2.32. The second-order valence-electron chi connectivity index (χ2n) is 5.88. The van der Waals surface area contributed by atoms with Crippen LogP contribution in [0.3, 0.4) is 0 Å². The summed E-state index contributed by atoms with van der Waals surface area (Å²) in [5.74, 6) is -0.0518. The number of carbonyl (C=O) groups excluding carboxylic acids is 2. The Morgan fingerprint density at radius 1 is 1.42 bits per heavy atom. The van der Waals surface area contributed by atoms with E-state index in [1.54, 1.807) is 17.2 Å². The summed E-state index contributed by atoms with van der Waals surface area (Å²) in [6.07, 6.45) is 5.88. The van der Waals surface area contributed by atoms with Crippen molar-refractivity contribution in [3.05, 3.63) is 47.2 Å². The van der Waals surface area contributed by atoms with Gasteiger partial charge in [0.05, 0.1) is 22.9 Å². The van der Waals surface area contributed by atoms with Gasteiger partial charge in [0.25, 0.3) is 0 Å². The van der Waals surface area contributed by atoms with E-state index in [0.29, 0.717) is 30.1 Å². The van der Waals surface area contributed by atoms with Crippen molar-refractivity contribution in [3.63, 3.8) is 0 Å². The molecule has 6 nitrogen and oxygen atoms in total. The molecule has 0 spiro atoms. The molecule has 1 aliphatic rings. The summed E-state index contributed by atoms with van der Waals surface area (Å²) >= 11 is 6.15. The zero-order valence-corrected chi connectivity index (χ0v) is 13.9. The van der Waals surface area contributed by atoms with Crippen LogP contribution in [0.2, 0.25) is 5.02 Å². The third-order valence-electron chi connectivity index (χ3n) is 4.06. The zero-order valence-electron chi connectivity index (χ0n) is 13.2. The second-order valence-corrected chi connectivity index (χ2v) is 6.29. The van der Waals surface area contributed by atoms with Gasteiger partial charge in [-0.15, -0.1) is 0 Å². The number of carbonyl (C=O) groups is 2. The number of aromatic amines is 1. The number of hydrogen-bond acceptors (Lipinski definition) is 3. The minimum Gasteiger partial charge on any atom is -0.351 e. The van der Waals surface area contributed by atoms with E-state index in [0.717, 1.165) is 18.4 Å². The van der Waals surface area contributed by atoms with E-state index in [9.17, 15) is 9.59 Å². The quantitative estimate of drug-likeness (QED) is 0.842. The van der Waals surface area contributed by atoms with E-state index in [1.165, 1.54) is 0 Å². The van der Waals surface area contributed by atoms with Crippen molar-refractivity contribution in [1.82, 2.24) is 15.5 Å². The topological polar surface area (TPSA) is 78.1 Å². The average molecular weight is 347 g/mol. The van der Waals surface area contributed by atoms with Crippen LogP contribution in [-0.2, 0) is 16.0 Å². The molecule has 0 aliphatic carbocycles. The Bertz CT molecular complexity index is 717. The standard InChI is InChI=1S/C17H19ClN4O2/c18-14-5-1-2-6-15(14)22-11-13(8-17(22)24)21-16(23)7-3-4-12-9-19-20-10-12/h1-2,5-6,9-10,13H,3-4,7-8,11H2,(H,19,20)(H,21,23). The maximum atomic E-state index is 12.2. The van der Waals surface area contributed by atoms with E-state index in [2.05, 4.69) is 15.5 Å². The number of para-hydroxylation sites is 1. The van der Waals surface area contributed by atoms with Crippen molar-refractivity contribution in [1.29, 1.82) is 0 Å². The summed E-state index contributed by atoms with van der Waals surface area (Å²) < 4.78 is 0. The van der Waals surface area contributed by atoms with Gasteiger partial charge in [0.15, 0.2) is 0 Å². The van der Waals surface area contributed by atoms with Crippen LogP contribution in [0.25, 0.3) is 0 Å². The number of aromatic nitrogens is 2. The van der Waals surface area contributed by atoms with Crippen LogP contribution < -0.4 is 10.2 Å². The maximum Gasteiger partial charge on any atom is 0.229 e. The first kappa shape index (κ1) is 16.5. The molecule has 1 atom stereocenters. The number of nitrogens with zero attached hydrogens (tertiary/aromatic N) is 2. The Hall–Kier alpha value is -2.34. The lowest BCUT2D eigenvalue weighted by atomic mass is 10.1. The smallest absolute Gasteiger partial charge is 0.229 e. The van der Waals surface area contributed by atoms with Crippen molar-refractivity contribution >= 4 is 29.1 Å². The van der Waals surface area contributed by atoms with Crippen LogP contribution in [-0.4, -0.2) is 34.6 Å². The highest BCUT2D eigenvalue weighted by molar-refractivity contribution is 6.33. The van der Waals surface area contributed by atoms with Crippen molar-refractivity contribution < 1.29 is 9.59 Å². The van der Waals surface area contributed by atoms with Gasteiger partial charge in [0.1, 0.15) is 0 Å². The molecule has 1 fully saturated rings. The molecule has 3 rings (SSSR count). The molecule has 7 heteroatoms. The third kappa shape index (κ3) is 3.94. The first-order valence-corrected chi connectivity index (χ1v) is 8.33. The lowest BCUT2D eigenvalue weighted by Crippen LogP contribution is -2.37. The monoisotopic (exact) mass is 346 g/mol. The summed E-state index contributed by atoms with van der Waals surface area (Å²) in [4.78, 5) is 25.9. The molecule has 126 valence electrons. The fraction of sp³-hybridized carbons (Fsp3) is 0.353. The van der Waals surface area contributed by atoms with Gasteiger partial charge < -0.3 is 10.2 Å². The molecule has 0 bridgehead atoms. The van der Waals surface area contributed by atoms with Crippen molar-refractivity contribution in [3.8, 4) is 0 Å². The number of benzene rings is 1. The predicted molar refractivity (Wildman–Crippen MR) is 91.9 cm³/mol. The molecular formula is C17H19ClN4O2. The summed E-state index contributed by atoms with van der Waals surface area (Å²) in [6, 6.07) is 7.07. The van der Waals surface area contributed by atoms with E-state index in [4.69, 9.17) is 11.6 Å². The highest BCUT2D eigenvalue weighted by Crippen LogP contribution is 2.28. The molecule has 2 amide bonds. The molecule has 0 radical (unpaired) electrons. The summed E-state index contributed by atoms with van der Waals surface area (Å²) in [5, 5.41) is 10.1. The maximum absolute atomic E-state index is 12.2. The third-order valence-corrected chi connectivity index (χ3v) is 4.38. The average Bonchev–Trinajstić information content (AvgIpc) is 3.18. The van der Waals surface area contributed by atoms with Gasteiger partial charge >= 0.3 is 0 Å². The fourth-order valence-corrected chi connectivity index (χ4v) is 3.11. The van der Waals surface area contributed by atoms with Crippen LogP contribution >= 0.6 is 11.6 Å². The van der Waals surface area contributed by atoms with E-state index in [1.807, 2.05) is 24.4 Å². The van der Waals surface area contributed by atoms with Gasteiger partial charge in [0, 0.05) is 25.6 Å². The van der Waals surface area contributed by atoms with Crippen LogP contribution in [0.15, 0.2) is 36.7 Å². The Balaban J connectivity index is 1.49. The number of anilines is 1. The largest absolute Gasteiger partial charge is 0.351 e. The predicted octanol–water partition coefficient (Wildman–Crippen LogP) is 2.31. The minimum absolute atomic E-state index is 0.0215. The highest BCUT2D eigenvalue weighted by atomic mass is 35.5. The molecule has 1 aromatic heterocycles. The number of aryl methyl sites for hydroxylation is 1. The number of hydrogen-bond donors (Lipinski definition) is 2. The molecule has 24 heavy (non-hydrogen) atoms. The molecule has 2 heterocycles. The molecule has 1 saturated heterocycles. The minimum atomic E-state index is -0.171. The van der Waals surface area contributed by atoms with Crippen LogP contribution in [0, 0.1) is 0 Å². The Kier molecular flexibility index (Phi) is 5.15. The van der Waals surface area contributed by atoms with Gasteiger partial charge in [0.2, 0.25) is 11.8 Å². The van der Waals surface area contributed by atoms with Gasteiger partial charge in [-0.05, 0) is 30.5 Å². The van der Waals surface area contributed by atoms with E-state index < -0.39 is 0 Å². The summed E-state index contributed by atoms with van der Waals surface area (Å²) in [6.45, 7) is 0.454. The summed E-state index contributed by atoms with van der Waals surface area (Å²) in [7, 11) is 0. The molecule has 1 aliphatic heterocycles. The first-order chi connectivity index (χ1) is 11.6. The van der Waals surface area contributed by atoms with E-state index in [-0.39, 0.29) is 17.9 Å². The molecule has 1 unspecified atom stereocenters. The lowest BCUT2D eigenvalue weighted by molar-refractivity contribution is -0.121. The molecule has 1 aromatic carbocycles. The second kappa shape index (κ2) is 7.49. The number of halogens is 1. The molecule has 2 aromatic rings. The molecule has 0 saturated carbocycles. The van der Waals surface area contributed by atoms with Crippen molar-refractivity contribution in [2.75, 3.05) is 11.4 Å². The van der Waals surface area contributed by atoms with Crippen LogP contribution in [0.4, 0.5) is 5.69 Å². The van der Waals surface area contributed by atoms with Crippen molar-refractivity contribution in [2.45, 2.75) is 31.7 Å². The number of H-pyrrole nitrogens is 1. The Labute approximate surface area is 145 Å².